The molecule has 196 valence electrons. The fourth-order valence-corrected chi connectivity index (χ4v) is 5.53. The van der Waals surface area contributed by atoms with Crippen molar-refractivity contribution in [2.75, 3.05) is 0 Å². The molecule has 0 bridgehead atoms. The third kappa shape index (κ3) is 4.91. The lowest BCUT2D eigenvalue weighted by Crippen LogP contribution is -2.34. The Balaban J connectivity index is 1.57. The van der Waals surface area contributed by atoms with Crippen LogP contribution in [0.25, 0.3) is 10.8 Å². The van der Waals surface area contributed by atoms with Gasteiger partial charge in [0.1, 0.15) is 24.3 Å². The predicted octanol–water partition coefficient (Wildman–Crippen LogP) is 7.69. The van der Waals surface area contributed by atoms with E-state index in [2.05, 4.69) is 33.8 Å². The molecule has 0 spiro atoms. The molecule has 38 heavy (non-hydrogen) atoms. The molecule has 5 heteroatoms. The average Bonchev–Trinajstić information content (AvgIpc) is 2.89. The molecule has 1 aliphatic carbocycles. The second kappa shape index (κ2) is 9.55. The quantitative estimate of drug-likeness (QED) is 0.278. The van der Waals surface area contributed by atoms with Crippen molar-refractivity contribution in [2.45, 2.75) is 64.1 Å². The van der Waals surface area contributed by atoms with Gasteiger partial charge >= 0.3 is 5.97 Å². The van der Waals surface area contributed by atoms with Crippen LogP contribution in [-0.4, -0.2) is 16.2 Å². The number of aliphatic hydroxyl groups is 1. The second-order valence-corrected chi connectivity index (χ2v) is 11.7. The number of carboxylic acids is 1. The highest BCUT2D eigenvalue weighted by Gasteiger charge is 2.40. The largest absolute Gasteiger partial charge is 0.489 e. The van der Waals surface area contributed by atoms with Crippen LogP contribution in [0, 0.1) is 5.82 Å². The standard InChI is InChI=1S/C33H33FO4/c1-32(2)13-14-33(3,4)29-27(32)17-25(18-28(29)38-19-20-5-11-26(34)12-6-20)30(35)23-9-7-22-16-24(31(36)37)10-8-21(22)15-23/h5-12,15-18,30,35H,13-14,19H2,1-4H3,(H,36,37). The summed E-state index contributed by atoms with van der Waals surface area (Å²) in [5, 5.41) is 22.5. The summed E-state index contributed by atoms with van der Waals surface area (Å²) < 4.78 is 19.8. The monoisotopic (exact) mass is 512 g/mol. The van der Waals surface area contributed by atoms with Gasteiger partial charge < -0.3 is 14.9 Å². The fraction of sp³-hybridized carbons (Fsp3) is 0.303. The zero-order chi connectivity index (χ0) is 27.2. The van der Waals surface area contributed by atoms with Gasteiger partial charge in [0.25, 0.3) is 0 Å². The number of aromatic carboxylic acids is 1. The molecule has 0 aliphatic heterocycles. The van der Waals surface area contributed by atoms with Gasteiger partial charge in [-0.2, -0.15) is 0 Å². The number of halogens is 1. The van der Waals surface area contributed by atoms with Gasteiger partial charge in [-0.1, -0.05) is 64.1 Å². The number of ether oxygens (including phenoxy) is 1. The van der Waals surface area contributed by atoms with E-state index in [9.17, 15) is 19.4 Å². The van der Waals surface area contributed by atoms with E-state index in [1.54, 1.807) is 30.3 Å². The third-order valence-corrected chi connectivity index (χ3v) is 7.96. The van der Waals surface area contributed by atoms with Crippen LogP contribution in [0.3, 0.4) is 0 Å². The number of hydrogen-bond donors (Lipinski definition) is 2. The summed E-state index contributed by atoms with van der Waals surface area (Å²) in [6.07, 6.45) is 1.15. The summed E-state index contributed by atoms with van der Waals surface area (Å²) in [5.41, 5.74) is 4.70. The maximum absolute atomic E-state index is 13.4. The minimum absolute atomic E-state index is 0.0921. The van der Waals surface area contributed by atoms with E-state index in [1.165, 1.54) is 17.7 Å². The van der Waals surface area contributed by atoms with Crippen LogP contribution < -0.4 is 4.74 Å². The van der Waals surface area contributed by atoms with E-state index in [0.29, 0.717) is 6.61 Å². The Morgan fingerprint density at radius 3 is 2.24 bits per heavy atom. The van der Waals surface area contributed by atoms with Gasteiger partial charge in [0.2, 0.25) is 0 Å². The van der Waals surface area contributed by atoms with Gasteiger partial charge in [-0.25, -0.2) is 9.18 Å². The Morgan fingerprint density at radius 1 is 0.868 bits per heavy atom. The van der Waals surface area contributed by atoms with Gasteiger partial charge in [0.05, 0.1) is 5.56 Å². The molecular weight excluding hydrogens is 479 g/mol. The summed E-state index contributed by atoms with van der Waals surface area (Å²) in [7, 11) is 0. The highest BCUT2D eigenvalue weighted by molar-refractivity contribution is 5.94. The molecule has 1 atom stereocenters. The van der Waals surface area contributed by atoms with Crippen molar-refractivity contribution >= 4 is 16.7 Å². The molecule has 0 saturated carbocycles. The molecule has 2 N–H and O–H groups in total. The van der Waals surface area contributed by atoms with Crippen molar-refractivity contribution in [2.24, 2.45) is 0 Å². The van der Waals surface area contributed by atoms with Crippen molar-refractivity contribution in [3.8, 4) is 5.75 Å². The van der Waals surface area contributed by atoms with Gasteiger partial charge in [0.15, 0.2) is 0 Å². The van der Waals surface area contributed by atoms with E-state index in [0.717, 1.165) is 51.6 Å². The van der Waals surface area contributed by atoms with Crippen molar-refractivity contribution in [1.82, 2.24) is 0 Å². The summed E-state index contributed by atoms with van der Waals surface area (Å²) in [6.45, 7) is 9.23. The van der Waals surface area contributed by atoms with E-state index in [4.69, 9.17) is 4.74 Å². The molecule has 1 aliphatic rings. The third-order valence-electron chi connectivity index (χ3n) is 7.96. The maximum atomic E-state index is 13.4. The summed E-state index contributed by atoms with van der Waals surface area (Å²) in [4.78, 5) is 11.3. The second-order valence-electron chi connectivity index (χ2n) is 11.7. The molecule has 0 aromatic heterocycles. The Morgan fingerprint density at radius 2 is 1.53 bits per heavy atom. The lowest BCUT2D eigenvalue weighted by molar-refractivity contribution is 0.0697. The van der Waals surface area contributed by atoms with Gasteiger partial charge in [-0.15, -0.1) is 0 Å². The van der Waals surface area contributed by atoms with Crippen LogP contribution >= 0.6 is 0 Å². The van der Waals surface area contributed by atoms with Crippen molar-refractivity contribution in [3.05, 3.63) is 112 Å². The Hall–Kier alpha value is -3.70. The first-order valence-corrected chi connectivity index (χ1v) is 13.0. The zero-order valence-corrected chi connectivity index (χ0v) is 22.2. The first-order chi connectivity index (χ1) is 17.9. The molecule has 4 nitrogen and oxygen atoms in total. The van der Waals surface area contributed by atoms with Crippen molar-refractivity contribution in [3.63, 3.8) is 0 Å². The van der Waals surface area contributed by atoms with Crippen LogP contribution in [0.2, 0.25) is 0 Å². The molecule has 4 aromatic carbocycles. The van der Waals surface area contributed by atoms with Crippen molar-refractivity contribution < 1.29 is 24.1 Å². The minimum Gasteiger partial charge on any atom is -0.489 e. The lowest BCUT2D eigenvalue weighted by Gasteiger charge is -2.43. The molecule has 0 saturated heterocycles. The molecule has 4 aromatic rings. The molecular formula is C33H33FO4. The Labute approximate surface area is 222 Å². The van der Waals surface area contributed by atoms with Crippen LogP contribution in [-0.2, 0) is 17.4 Å². The smallest absolute Gasteiger partial charge is 0.335 e. The maximum Gasteiger partial charge on any atom is 0.335 e. The lowest BCUT2D eigenvalue weighted by atomic mass is 9.62. The molecule has 0 heterocycles. The minimum atomic E-state index is -0.969. The zero-order valence-electron chi connectivity index (χ0n) is 22.2. The van der Waals surface area contributed by atoms with E-state index >= 15 is 0 Å². The fourth-order valence-electron chi connectivity index (χ4n) is 5.53. The first kappa shape index (κ1) is 25.9. The van der Waals surface area contributed by atoms with Gasteiger partial charge in [0, 0.05) is 5.56 Å². The average molecular weight is 513 g/mol. The topological polar surface area (TPSA) is 66.8 Å². The molecule has 0 radical (unpaired) electrons. The van der Waals surface area contributed by atoms with Crippen LogP contribution in [0.5, 0.6) is 5.75 Å². The van der Waals surface area contributed by atoms with Crippen LogP contribution in [0.1, 0.15) is 84.8 Å². The van der Waals surface area contributed by atoms with Gasteiger partial charge in [-0.05, 0) is 93.1 Å². The number of carbonyl (C=O) groups is 1. The SMILES string of the molecule is CC1(C)CCC(C)(C)c2c(OCc3ccc(F)cc3)cc(C(O)c3ccc4cc(C(=O)O)ccc4c3)cc21. The highest BCUT2D eigenvalue weighted by Crippen LogP contribution is 2.50. The summed E-state index contributed by atoms with van der Waals surface area (Å²) in [5.74, 6) is -0.511. The normalized spacial score (nSPS) is 16.6. The number of fused-ring (bicyclic) bond motifs is 2. The summed E-state index contributed by atoms with van der Waals surface area (Å²) >= 11 is 0. The van der Waals surface area contributed by atoms with Gasteiger partial charge in [-0.3, -0.25) is 0 Å². The van der Waals surface area contributed by atoms with Crippen molar-refractivity contribution in [1.29, 1.82) is 0 Å². The number of aliphatic hydroxyl groups excluding tert-OH is 1. The Bertz CT molecular complexity index is 1520. The summed E-state index contributed by atoms with van der Waals surface area (Å²) in [6, 6.07) is 20.9. The molecule has 5 rings (SSSR count). The molecule has 0 amide bonds. The van der Waals surface area contributed by atoms with Crippen LogP contribution in [0.15, 0.2) is 72.8 Å². The molecule has 1 unspecified atom stereocenters. The Kier molecular flexibility index (Phi) is 6.52. The first-order valence-electron chi connectivity index (χ1n) is 13.0. The van der Waals surface area contributed by atoms with E-state index in [1.807, 2.05) is 24.3 Å². The number of benzene rings is 4. The van der Waals surface area contributed by atoms with E-state index < -0.39 is 12.1 Å². The number of rotatable bonds is 6. The highest BCUT2D eigenvalue weighted by atomic mass is 19.1. The van der Waals surface area contributed by atoms with Crippen LogP contribution in [0.4, 0.5) is 4.39 Å². The van der Waals surface area contributed by atoms with E-state index in [-0.39, 0.29) is 22.2 Å². The number of carboxylic acid groups (broad SMARTS) is 1. The molecule has 0 fully saturated rings. The number of hydrogen-bond acceptors (Lipinski definition) is 3. The predicted molar refractivity (Wildman–Crippen MR) is 147 cm³/mol.